The molecule has 0 aliphatic rings. The number of aromatic hydroxyl groups is 1. The minimum absolute atomic E-state index is 0.364. The number of carboxylic acid groups (broad SMARTS) is 1. The maximum Gasteiger partial charge on any atom is 0.325 e. The number of rotatable bonds is 2. The number of halogens is 2. The SMILES string of the molecule is NC(C(=O)O)c1cc(F)c(F)cc1O. The van der Waals surface area contributed by atoms with E-state index in [2.05, 4.69) is 0 Å². The van der Waals surface area contributed by atoms with Gasteiger partial charge in [-0.1, -0.05) is 0 Å². The molecule has 0 aliphatic heterocycles. The molecule has 0 bridgehead atoms. The highest BCUT2D eigenvalue weighted by atomic mass is 19.2. The molecule has 4 nitrogen and oxygen atoms in total. The van der Waals surface area contributed by atoms with Gasteiger partial charge in [-0.2, -0.15) is 0 Å². The number of nitrogens with two attached hydrogens (primary N) is 1. The zero-order chi connectivity index (χ0) is 10.9. The average Bonchev–Trinajstić information content (AvgIpc) is 2.10. The molecule has 1 aromatic rings. The van der Waals surface area contributed by atoms with E-state index in [0.29, 0.717) is 12.1 Å². The molecule has 4 N–H and O–H groups in total. The molecule has 0 saturated heterocycles. The first-order chi connectivity index (χ1) is 6.43. The Kier molecular flexibility index (Phi) is 2.66. The fourth-order valence-electron chi connectivity index (χ4n) is 0.934. The number of hydrogen-bond donors (Lipinski definition) is 3. The Labute approximate surface area is 77.6 Å². The van der Waals surface area contributed by atoms with Crippen LogP contribution in [0.1, 0.15) is 11.6 Å². The Morgan fingerprint density at radius 2 is 1.86 bits per heavy atom. The highest BCUT2D eigenvalue weighted by Crippen LogP contribution is 2.25. The summed E-state index contributed by atoms with van der Waals surface area (Å²) in [6.45, 7) is 0. The normalized spacial score (nSPS) is 12.5. The van der Waals surface area contributed by atoms with Gasteiger partial charge in [0.05, 0.1) is 0 Å². The Hall–Kier alpha value is -1.69. The van der Waals surface area contributed by atoms with Gasteiger partial charge in [-0.15, -0.1) is 0 Å². The van der Waals surface area contributed by atoms with E-state index in [1.54, 1.807) is 0 Å². The highest BCUT2D eigenvalue weighted by molar-refractivity contribution is 5.76. The fourth-order valence-corrected chi connectivity index (χ4v) is 0.934. The van der Waals surface area contributed by atoms with Crippen LogP contribution >= 0.6 is 0 Å². The van der Waals surface area contributed by atoms with E-state index in [0.717, 1.165) is 0 Å². The van der Waals surface area contributed by atoms with E-state index in [1.807, 2.05) is 0 Å². The van der Waals surface area contributed by atoms with Gasteiger partial charge in [-0.3, -0.25) is 4.79 Å². The van der Waals surface area contributed by atoms with Crippen molar-refractivity contribution >= 4 is 5.97 Å². The van der Waals surface area contributed by atoms with Crippen LogP contribution in [0.2, 0.25) is 0 Å². The number of hydrogen-bond acceptors (Lipinski definition) is 3. The minimum Gasteiger partial charge on any atom is -0.507 e. The number of aliphatic carboxylic acids is 1. The molecule has 0 amide bonds. The van der Waals surface area contributed by atoms with Crippen molar-refractivity contribution in [3.63, 3.8) is 0 Å². The summed E-state index contributed by atoms with van der Waals surface area (Å²) < 4.78 is 25.1. The molecule has 0 fully saturated rings. The largest absolute Gasteiger partial charge is 0.507 e. The van der Waals surface area contributed by atoms with Crippen molar-refractivity contribution < 1.29 is 23.8 Å². The molecule has 14 heavy (non-hydrogen) atoms. The number of phenols is 1. The zero-order valence-corrected chi connectivity index (χ0v) is 6.87. The van der Waals surface area contributed by atoms with E-state index >= 15 is 0 Å². The molecular formula is C8H7F2NO3. The third-order valence-electron chi connectivity index (χ3n) is 1.67. The molecule has 1 unspecified atom stereocenters. The Balaban J connectivity index is 3.22. The van der Waals surface area contributed by atoms with Gasteiger partial charge < -0.3 is 15.9 Å². The minimum atomic E-state index is -1.58. The first-order valence-corrected chi connectivity index (χ1v) is 3.59. The van der Waals surface area contributed by atoms with Crippen LogP contribution < -0.4 is 5.73 Å². The zero-order valence-electron chi connectivity index (χ0n) is 6.87. The molecule has 0 heterocycles. The molecule has 76 valence electrons. The summed E-state index contributed by atoms with van der Waals surface area (Å²) >= 11 is 0. The van der Waals surface area contributed by atoms with Gasteiger partial charge in [-0.25, -0.2) is 8.78 Å². The Morgan fingerprint density at radius 1 is 1.36 bits per heavy atom. The van der Waals surface area contributed by atoms with Crippen LogP contribution in [0.3, 0.4) is 0 Å². The van der Waals surface area contributed by atoms with Crippen LogP contribution in [-0.4, -0.2) is 16.2 Å². The number of benzene rings is 1. The van der Waals surface area contributed by atoms with Gasteiger partial charge in [0.1, 0.15) is 11.8 Å². The van der Waals surface area contributed by atoms with E-state index in [1.165, 1.54) is 0 Å². The highest BCUT2D eigenvalue weighted by Gasteiger charge is 2.20. The number of carbonyl (C=O) groups is 1. The summed E-state index contributed by atoms with van der Waals surface area (Å²) in [5.74, 6) is -4.64. The molecule has 0 radical (unpaired) electrons. The van der Waals surface area contributed by atoms with Crippen molar-refractivity contribution in [1.29, 1.82) is 0 Å². The topological polar surface area (TPSA) is 83.6 Å². The Morgan fingerprint density at radius 3 is 2.36 bits per heavy atom. The van der Waals surface area contributed by atoms with Crippen LogP contribution in [0.15, 0.2) is 12.1 Å². The van der Waals surface area contributed by atoms with Gasteiger partial charge in [0.15, 0.2) is 11.6 Å². The molecule has 0 aliphatic carbocycles. The van der Waals surface area contributed by atoms with Crippen LogP contribution in [0.4, 0.5) is 8.78 Å². The van der Waals surface area contributed by atoms with Crippen molar-refractivity contribution in [2.75, 3.05) is 0 Å². The van der Waals surface area contributed by atoms with Crippen molar-refractivity contribution in [1.82, 2.24) is 0 Å². The summed E-state index contributed by atoms with van der Waals surface area (Å²) in [5, 5.41) is 17.6. The lowest BCUT2D eigenvalue weighted by Gasteiger charge is -2.09. The molecule has 6 heteroatoms. The average molecular weight is 203 g/mol. The maximum absolute atomic E-state index is 12.6. The summed E-state index contributed by atoms with van der Waals surface area (Å²) in [7, 11) is 0. The van der Waals surface area contributed by atoms with Crippen LogP contribution in [0.5, 0.6) is 5.75 Å². The third-order valence-corrected chi connectivity index (χ3v) is 1.67. The van der Waals surface area contributed by atoms with Gasteiger partial charge in [0.25, 0.3) is 0 Å². The predicted molar refractivity (Wildman–Crippen MR) is 42.6 cm³/mol. The van der Waals surface area contributed by atoms with E-state index in [4.69, 9.17) is 15.9 Å². The molecule has 0 saturated carbocycles. The summed E-state index contributed by atoms with van der Waals surface area (Å²) in [6, 6.07) is -0.540. The van der Waals surface area contributed by atoms with E-state index in [9.17, 15) is 13.6 Å². The summed E-state index contributed by atoms with van der Waals surface area (Å²) in [5.41, 5.74) is 4.74. The molecule has 0 aromatic heterocycles. The lowest BCUT2D eigenvalue weighted by molar-refractivity contribution is -0.138. The first-order valence-electron chi connectivity index (χ1n) is 3.59. The quantitative estimate of drug-likeness (QED) is 0.662. The van der Waals surface area contributed by atoms with Gasteiger partial charge >= 0.3 is 5.97 Å². The molecule has 1 aromatic carbocycles. The molecule has 1 rings (SSSR count). The predicted octanol–water partition coefficient (Wildman–Crippen LogP) is 0.755. The summed E-state index contributed by atoms with van der Waals surface area (Å²) in [4.78, 5) is 10.4. The van der Waals surface area contributed by atoms with Gasteiger partial charge in [0, 0.05) is 11.6 Å². The molecule has 0 spiro atoms. The van der Waals surface area contributed by atoms with Crippen molar-refractivity contribution in [2.45, 2.75) is 6.04 Å². The van der Waals surface area contributed by atoms with Crippen LogP contribution in [0, 0.1) is 11.6 Å². The second kappa shape index (κ2) is 3.59. The number of carboxylic acids is 1. The van der Waals surface area contributed by atoms with Gasteiger partial charge in [0.2, 0.25) is 0 Å². The lowest BCUT2D eigenvalue weighted by Crippen LogP contribution is -2.21. The maximum atomic E-state index is 12.6. The van der Waals surface area contributed by atoms with E-state index < -0.39 is 29.4 Å². The van der Waals surface area contributed by atoms with Crippen LogP contribution in [-0.2, 0) is 4.79 Å². The van der Waals surface area contributed by atoms with Crippen LogP contribution in [0.25, 0.3) is 0 Å². The second-order valence-corrected chi connectivity index (χ2v) is 2.64. The van der Waals surface area contributed by atoms with Crippen molar-refractivity contribution in [2.24, 2.45) is 5.73 Å². The first kappa shape index (κ1) is 10.4. The van der Waals surface area contributed by atoms with E-state index in [-0.39, 0.29) is 5.56 Å². The summed E-state index contributed by atoms with van der Waals surface area (Å²) in [6.07, 6.45) is 0. The Bertz CT molecular complexity index is 381. The fraction of sp³-hybridized carbons (Fsp3) is 0.125. The molecular weight excluding hydrogens is 196 g/mol. The lowest BCUT2D eigenvalue weighted by atomic mass is 10.1. The standard InChI is InChI=1S/C8H7F2NO3/c9-4-1-3(7(11)8(13)14)6(12)2-5(4)10/h1-2,7,12H,11H2,(H,13,14). The number of phenolic OH excluding ortho intramolecular Hbond substituents is 1. The third kappa shape index (κ3) is 1.80. The molecule has 1 atom stereocenters. The van der Waals surface area contributed by atoms with Crippen molar-refractivity contribution in [3.8, 4) is 5.75 Å². The monoisotopic (exact) mass is 203 g/mol. The second-order valence-electron chi connectivity index (χ2n) is 2.64. The van der Waals surface area contributed by atoms with Crippen molar-refractivity contribution in [3.05, 3.63) is 29.3 Å². The van der Waals surface area contributed by atoms with Gasteiger partial charge in [-0.05, 0) is 6.07 Å². The smallest absolute Gasteiger partial charge is 0.325 e.